The van der Waals surface area contributed by atoms with Crippen molar-refractivity contribution in [2.45, 2.75) is 43.4 Å². The van der Waals surface area contributed by atoms with E-state index in [1.165, 1.54) is 0 Å². The van der Waals surface area contributed by atoms with Crippen LogP contribution in [0.5, 0.6) is 0 Å². The molecule has 2 aromatic carbocycles. The minimum Gasteiger partial charge on any atom is -0.325 e. The number of aromatic nitrogens is 3. The highest BCUT2D eigenvalue weighted by atomic mass is 32.2. The van der Waals surface area contributed by atoms with Gasteiger partial charge >= 0.3 is 0 Å². The molecule has 0 saturated carbocycles. The van der Waals surface area contributed by atoms with Gasteiger partial charge in [0.25, 0.3) is 0 Å². The van der Waals surface area contributed by atoms with E-state index in [2.05, 4.69) is 27.5 Å². The Morgan fingerprint density at radius 3 is 2.57 bits per heavy atom. The highest BCUT2D eigenvalue weighted by Gasteiger charge is 2.14. The van der Waals surface area contributed by atoms with Crippen LogP contribution in [0.25, 0.3) is 5.65 Å². The Morgan fingerprint density at radius 2 is 1.77 bits per heavy atom. The zero-order valence-electron chi connectivity index (χ0n) is 17.3. The summed E-state index contributed by atoms with van der Waals surface area (Å²) < 4.78 is 1.86. The number of carbonyl (C=O) groups excluding carboxylic acids is 1. The Labute approximate surface area is 180 Å². The molecule has 0 atom stereocenters. The van der Waals surface area contributed by atoms with Crippen molar-refractivity contribution < 1.29 is 4.79 Å². The summed E-state index contributed by atoms with van der Waals surface area (Å²) in [6, 6.07) is 20.0. The maximum absolute atomic E-state index is 12.7. The largest absolute Gasteiger partial charge is 0.325 e. The number of hydrogen-bond acceptors (Lipinski definition) is 4. The molecule has 0 spiro atoms. The second-order valence-corrected chi connectivity index (χ2v) is 8.39. The smallest absolute Gasteiger partial charge is 0.224 e. The number of nitrogens with zero attached hydrogens (tertiary/aromatic N) is 3. The van der Waals surface area contributed by atoms with Gasteiger partial charge in [0.05, 0.1) is 11.4 Å². The van der Waals surface area contributed by atoms with Crippen LogP contribution >= 0.6 is 11.8 Å². The van der Waals surface area contributed by atoms with Crippen molar-refractivity contribution in [2.24, 2.45) is 0 Å². The third kappa shape index (κ3) is 4.39. The van der Waals surface area contributed by atoms with E-state index in [9.17, 15) is 4.79 Å². The molecular weight excluding hydrogens is 392 g/mol. The van der Waals surface area contributed by atoms with Crippen LogP contribution in [0.15, 0.2) is 70.5 Å². The molecule has 0 aliphatic carbocycles. The fourth-order valence-electron chi connectivity index (χ4n) is 3.53. The van der Waals surface area contributed by atoms with Crippen LogP contribution < -0.4 is 5.32 Å². The number of rotatable bonds is 6. The van der Waals surface area contributed by atoms with Crippen molar-refractivity contribution in [1.29, 1.82) is 0 Å². The normalized spacial score (nSPS) is 11.0. The molecule has 0 fully saturated rings. The SMILES string of the molecule is Cc1cc2nc(C)c(CCC(=O)Nc3ccccc3Sc3ccccc3)c(C)n2n1. The Morgan fingerprint density at radius 1 is 1.03 bits per heavy atom. The quantitative estimate of drug-likeness (QED) is 0.459. The number of aryl methyl sites for hydroxylation is 3. The molecule has 152 valence electrons. The summed E-state index contributed by atoms with van der Waals surface area (Å²) in [4.78, 5) is 19.5. The van der Waals surface area contributed by atoms with Gasteiger partial charge in [-0.15, -0.1) is 0 Å². The molecule has 0 unspecified atom stereocenters. The average Bonchev–Trinajstić information content (AvgIpc) is 3.10. The van der Waals surface area contributed by atoms with Gasteiger partial charge in [-0.2, -0.15) is 5.10 Å². The number of para-hydroxylation sites is 1. The molecule has 0 aliphatic rings. The van der Waals surface area contributed by atoms with Crippen molar-refractivity contribution in [2.75, 3.05) is 5.32 Å². The Balaban J connectivity index is 1.47. The molecule has 30 heavy (non-hydrogen) atoms. The van der Waals surface area contributed by atoms with Crippen LogP contribution in [0.1, 0.15) is 29.1 Å². The number of carbonyl (C=O) groups is 1. The van der Waals surface area contributed by atoms with E-state index in [0.29, 0.717) is 12.8 Å². The standard InChI is InChI=1S/C24H24N4OS/c1-16-15-23-25-17(2)20(18(3)28(23)27-16)13-14-24(29)26-21-11-7-8-12-22(21)30-19-9-5-4-6-10-19/h4-12,15H,13-14H2,1-3H3,(H,26,29). The van der Waals surface area contributed by atoms with Gasteiger partial charge < -0.3 is 5.32 Å². The molecule has 2 aromatic heterocycles. The third-order valence-corrected chi connectivity index (χ3v) is 6.10. The van der Waals surface area contributed by atoms with Crippen LogP contribution in [0.2, 0.25) is 0 Å². The number of nitrogens with one attached hydrogen (secondary N) is 1. The van der Waals surface area contributed by atoms with Crippen LogP contribution in [0, 0.1) is 20.8 Å². The van der Waals surface area contributed by atoms with Gasteiger partial charge in [0.15, 0.2) is 5.65 Å². The second-order valence-electron chi connectivity index (χ2n) is 7.28. The third-order valence-electron chi connectivity index (χ3n) is 5.02. The predicted octanol–water partition coefficient (Wildman–Crippen LogP) is 5.38. The van der Waals surface area contributed by atoms with Crippen LogP contribution in [-0.4, -0.2) is 20.5 Å². The summed E-state index contributed by atoms with van der Waals surface area (Å²) in [6.07, 6.45) is 1.01. The van der Waals surface area contributed by atoms with Gasteiger partial charge in [0.2, 0.25) is 5.91 Å². The van der Waals surface area contributed by atoms with Crippen molar-refractivity contribution in [3.63, 3.8) is 0 Å². The summed E-state index contributed by atoms with van der Waals surface area (Å²) in [5, 5.41) is 7.59. The van der Waals surface area contributed by atoms with E-state index in [-0.39, 0.29) is 5.91 Å². The summed E-state index contributed by atoms with van der Waals surface area (Å²) >= 11 is 1.64. The molecule has 0 aliphatic heterocycles. The molecule has 0 saturated heterocycles. The zero-order valence-corrected chi connectivity index (χ0v) is 18.2. The first-order valence-corrected chi connectivity index (χ1v) is 10.8. The molecule has 1 amide bonds. The Kier molecular flexibility index (Phi) is 5.86. The number of hydrogen-bond donors (Lipinski definition) is 1. The van der Waals surface area contributed by atoms with Gasteiger partial charge in [-0.3, -0.25) is 4.79 Å². The van der Waals surface area contributed by atoms with Crippen LogP contribution in [0.3, 0.4) is 0 Å². The first-order chi connectivity index (χ1) is 14.5. The first kappa shape index (κ1) is 20.2. The molecule has 2 heterocycles. The Bertz CT molecular complexity index is 1200. The van der Waals surface area contributed by atoms with Crippen LogP contribution in [0.4, 0.5) is 5.69 Å². The number of fused-ring (bicyclic) bond motifs is 1. The second kappa shape index (κ2) is 8.71. The van der Waals surface area contributed by atoms with E-state index in [1.54, 1.807) is 11.8 Å². The average molecular weight is 417 g/mol. The van der Waals surface area contributed by atoms with E-state index in [0.717, 1.165) is 43.8 Å². The van der Waals surface area contributed by atoms with Gasteiger partial charge in [-0.1, -0.05) is 42.1 Å². The summed E-state index contributed by atoms with van der Waals surface area (Å²) in [7, 11) is 0. The maximum atomic E-state index is 12.7. The zero-order chi connectivity index (χ0) is 21.1. The lowest BCUT2D eigenvalue weighted by Crippen LogP contribution is -2.14. The molecule has 4 rings (SSSR count). The number of anilines is 1. The predicted molar refractivity (Wildman–Crippen MR) is 121 cm³/mol. The van der Waals surface area contributed by atoms with Crippen LogP contribution in [-0.2, 0) is 11.2 Å². The molecule has 1 N–H and O–H groups in total. The molecule has 5 nitrogen and oxygen atoms in total. The minimum absolute atomic E-state index is 0.00773. The van der Waals surface area contributed by atoms with Crippen molar-refractivity contribution in [3.05, 3.63) is 83.3 Å². The summed E-state index contributed by atoms with van der Waals surface area (Å²) in [5.41, 5.74) is 5.69. The van der Waals surface area contributed by atoms with Gasteiger partial charge in [-0.05, 0) is 57.0 Å². The summed E-state index contributed by atoms with van der Waals surface area (Å²) in [5.74, 6) is -0.00773. The monoisotopic (exact) mass is 416 g/mol. The van der Waals surface area contributed by atoms with Crippen molar-refractivity contribution in [1.82, 2.24) is 14.6 Å². The van der Waals surface area contributed by atoms with Crippen molar-refractivity contribution in [3.8, 4) is 0 Å². The lowest BCUT2D eigenvalue weighted by Gasteiger charge is -2.13. The molecular formula is C24H24N4OS. The molecule has 0 bridgehead atoms. The topological polar surface area (TPSA) is 59.3 Å². The highest BCUT2D eigenvalue weighted by Crippen LogP contribution is 2.33. The fraction of sp³-hybridized carbons (Fsp3) is 0.208. The van der Waals surface area contributed by atoms with Gasteiger partial charge in [0.1, 0.15) is 0 Å². The number of benzene rings is 2. The maximum Gasteiger partial charge on any atom is 0.224 e. The van der Waals surface area contributed by atoms with E-state index in [4.69, 9.17) is 0 Å². The lowest BCUT2D eigenvalue weighted by atomic mass is 10.1. The van der Waals surface area contributed by atoms with E-state index >= 15 is 0 Å². The Hall–Kier alpha value is -3.12. The highest BCUT2D eigenvalue weighted by molar-refractivity contribution is 7.99. The summed E-state index contributed by atoms with van der Waals surface area (Å²) in [6.45, 7) is 5.99. The fourth-order valence-corrected chi connectivity index (χ4v) is 4.45. The number of amides is 1. The van der Waals surface area contributed by atoms with Crippen molar-refractivity contribution >= 4 is 29.0 Å². The lowest BCUT2D eigenvalue weighted by molar-refractivity contribution is -0.116. The van der Waals surface area contributed by atoms with Gasteiger partial charge in [-0.25, -0.2) is 9.50 Å². The minimum atomic E-state index is -0.00773. The van der Waals surface area contributed by atoms with E-state index in [1.807, 2.05) is 73.8 Å². The molecule has 4 aromatic rings. The molecule has 0 radical (unpaired) electrons. The van der Waals surface area contributed by atoms with E-state index < -0.39 is 0 Å². The molecule has 6 heteroatoms. The van der Waals surface area contributed by atoms with Gasteiger partial charge in [0, 0.05) is 33.7 Å². The first-order valence-electron chi connectivity index (χ1n) is 9.95.